The molecule has 0 radical (unpaired) electrons. The van der Waals surface area contributed by atoms with Crippen molar-refractivity contribution in [2.75, 3.05) is 19.3 Å². The molecule has 0 fully saturated rings. The van der Waals surface area contributed by atoms with Gasteiger partial charge in [-0.3, -0.25) is 4.79 Å². The predicted molar refractivity (Wildman–Crippen MR) is 152 cm³/mol. The monoisotopic (exact) mass is 552 g/mol. The molecule has 1 atom stereocenters. The largest absolute Gasteiger partial charge is 0.465 e. The molecule has 3 aromatic rings. The molecular weight excluding hydrogens is 516 g/mol. The Bertz CT molecular complexity index is 1370. The Balaban J connectivity index is 1.72. The molecule has 3 N–H and O–H groups in total. The van der Waals surface area contributed by atoms with Gasteiger partial charge in [-0.25, -0.2) is 17.9 Å². The molecule has 39 heavy (non-hydrogen) atoms. The summed E-state index contributed by atoms with van der Waals surface area (Å²) in [5, 5.41) is 20.1. The number of benzene rings is 3. The molecule has 8 nitrogen and oxygen atoms in total. The van der Waals surface area contributed by atoms with Crippen molar-refractivity contribution in [3.63, 3.8) is 0 Å². The first-order valence-electron chi connectivity index (χ1n) is 12.9. The van der Waals surface area contributed by atoms with Crippen LogP contribution < -0.4 is 4.72 Å². The van der Waals surface area contributed by atoms with Crippen LogP contribution in [0.2, 0.25) is 0 Å². The van der Waals surface area contributed by atoms with Gasteiger partial charge in [-0.05, 0) is 59.1 Å². The summed E-state index contributed by atoms with van der Waals surface area (Å²) in [5.74, 6) is -0.226. The zero-order valence-electron chi connectivity index (χ0n) is 22.5. The third-order valence-corrected chi connectivity index (χ3v) is 6.98. The number of carbonyl (C=O) groups excluding carboxylic acids is 1. The second kappa shape index (κ2) is 13.4. The maximum atomic E-state index is 12.6. The Morgan fingerprint density at radius 1 is 0.923 bits per heavy atom. The van der Waals surface area contributed by atoms with Crippen LogP contribution in [0.25, 0.3) is 11.1 Å². The first-order chi connectivity index (χ1) is 18.4. The fraction of sp³-hybridized carbons (Fsp3) is 0.333. The lowest BCUT2D eigenvalue weighted by Gasteiger charge is -2.22. The maximum absolute atomic E-state index is 12.6. The van der Waals surface area contributed by atoms with Crippen LogP contribution in [0.1, 0.15) is 53.4 Å². The summed E-state index contributed by atoms with van der Waals surface area (Å²) in [6.07, 6.45) is 0.928. The van der Waals surface area contributed by atoms with E-state index in [4.69, 9.17) is 0 Å². The Labute approximate surface area is 230 Å². The Hall–Kier alpha value is -3.69. The molecule has 0 saturated heterocycles. The van der Waals surface area contributed by atoms with Gasteiger partial charge in [0.1, 0.15) is 0 Å². The lowest BCUT2D eigenvalue weighted by molar-refractivity contribution is 0.0971. The fourth-order valence-electron chi connectivity index (χ4n) is 4.25. The van der Waals surface area contributed by atoms with Crippen LogP contribution in [0, 0.1) is 5.92 Å². The second-order valence-electron chi connectivity index (χ2n) is 10.1. The molecule has 0 aliphatic heterocycles. The zero-order chi connectivity index (χ0) is 28.6. The van der Waals surface area contributed by atoms with E-state index in [2.05, 4.69) is 18.6 Å². The van der Waals surface area contributed by atoms with E-state index in [9.17, 15) is 28.2 Å². The number of aryl methyl sites for hydroxylation is 1. The fourth-order valence-corrected chi connectivity index (χ4v) is 4.70. The van der Waals surface area contributed by atoms with Crippen molar-refractivity contribution in [1.82, 2.24) is 9.62 Å². The van der Waals surface area contributed by atoms with E-state index in [1.807, 2.05) is 36.4 Å². The third kappa shape index (κ3) is 9.23. The van der Waals surface area contributed by atoms with Gasteiger partial charge in [0.15, 0.2) is 0 Å². The number of aliphatic hydroxyl groups is 1. The number of hydrogen-bond acceptors (Lipinski definition) is 5. The molecule has 9 heteroatoms. The van der Waals surface area contributed by atoms with Gasteiger partial charge >= 0.3 is 6.09 Å². The van der Waals surface area contributed by atoms with Crippen LogP contribution in [0.4, 0.5) is 4.79 Å². The summed E-state index contributed by atoms with van der Waals surface area (Å²) in [6, 6.07) is 22.1. The summed E-state index contributed by atoms with van der Waals surface area (Å²) in [6.45, 7) is 4.40. The summed E-state index contributed by atoms with van der Waals surface area (Å²) < 4.78 is 25.2. The molecule has 0 aliphatic carbocycles. The van der Waals surface area contributed by atoms with Crippen LogP contribution in [-0.2, 0) is 22.9 Å². The number of aliphatic hydroxyl groups excluding tert-OH is 1. The molecule has 2 amide bonds. The van der Waals surface area contributed by atoms with E-state index in [1.165, 1.54) is 4.90 Å². The van der Waals surface area contributed by atoms with E-state index >= 15 is 0 Å². The molecule has 3 aromatic carbocycles. The van der Waals surface area contributed by atoms with Crippen molar-refractivity contribution >= 4 is 22.0 Å². The predicted octanol–water partition coefficient (Wildman–Crippen LogP) is 4.89. The number of rotatable bonds is 12. The molecular formula is C30H36N2O6S. The van der Waals surface area contributed by atoms with Crippen molar-refractivity contribution in [3.8, 4) is 11.1 Å². The van der Waals surface area contributed by atoms with E-state index in [-0.39, 0.29) is 13.1 Å². The third-order valence-electron chi connectivity index (χ3n) is 6.42. The number of sulfonamides is 1. The number of amides is 2. The zero-order valence-corrected chi connectivity index (χ0v) is 23.3. The van der Waals surface area contributed by atoms with E-state index < -0.39 is 28.1 Å². The van der Waals surface area contributed by atoms with E-state index in [0.29, 0.717) is 29.9 Å². The Morgan fingerprint density at radius 2 is 1.56 bits per heavy atom. The summed E-state index contributed by atoms with van der Waals surface area (Å²) in [7, 11) is -3.68. The average Bonchev–Trinajstić information content (AvgIpc) is 2.89. The van der Waals surface area contributed by atoms with Gasteiger partial charge in [0.2, 0.25) is 10.0 Å². The summed E-state index contributed by atoms with van der Waals surface area (Å²) >= 11 is 0. The van der Waals surface area contributed by atoms with Gasteiger partial charge in [-0.1, -0.05) is 80.6 Å². The molecule has 0 saturated carbocycles. The lowest BCUT2D eigenvalue weighted by Crippen LogP contribution is -2.35. The van der Waals surface area contributed by atoms with Crippen LogP contribution in [-0.4, -0.2) is 54.9 Å². The normalized spacial score (nSPS) is 12.2. The van der Waals surface area contributed by atoms with Crippen LogP contribution in [0.5, 0.6) is 0 Å². The molecule has 0 aromatic heterocycles. The van der Waals surface area contributed by atoms with E-state index in [0.717, 1.165) is 34.9 Å². The van der Waals surface area contributed by atoms with Crippen LogP contribution in [0.15, 0.2) is 72.8 Å². The second-order valence-corrected chi connectivity index (χ2v) is 11.9. The van der Waals surface area contributed by atoms with Gasteiger partial charge in [0, 0.05) is 12.1 Å². The highest BCUT2D eigenvalue weighted by molar-refractivity contribution is 7.89. The maximum Gasteiger partial charge on any atom is 0.407 e. The Morgan fingerprint density at radius 3 is 2.15 bits per heavy atom. The summed E-state index contributed by atoms with van der Waals surface area (Å²) in [5.41, 5.74) is 4.56. The topological polar surface area (TPSA) is 124 Å². The average molecular weight is 553 g/mol. The molecule has 208 valence electrons. The number of nitrogens with zero attached hydrogens (tertiary/aromatic N) is 1. The van der Waals surface area contributed by atoms with Crippen molar-refractivity contribution in [2.45, 2.75) is 39.2 Å². The number of nitrogens with one attached hydrogen (secondary N) is 1. The standard InChI is InChI=1S/C30H36N2O6S/c1-21(2)9-12-26-19-25(15-16-27(26)29(34)31-39(3,37)38)23-13-10-22(11-14-23)17-18-32(30(35)36)20-28(33)24-7-5-4-6-8-24/h4-8,10-11,13-16,19,21,28,33H,9,12,17-18,20H2,1-3H3,(H,31,34)(H,35,36)/t28-/m1/s1. The highest BCUT2D eigenvalue weighted by Crippen LogP contribution is 2.25. The van der Waals surface area contributed by atoms with Crippen molar-refractivity contribution < 1.29 is 28.2 Å². The highest BCUT2D eigenvalue weighted by Gasteiger charge is 2.19. The quantitative estimate of drug-likeness (QED) is 0.294. The number of carbonyl (C=O) groups is 2. The van der Waals surface area contributed by atoms with Crippen LogP contribution >= 0.6 is 0 Å². The molecule has 0 spiro atoms. The van der Waals surface area contributed by atoms with Crippen LogP contribution in [0.3, 0.4) is 0 Å². The molecule has 0 unspecified atom stereocenters. The smallest absolute Gasteiger partial charge is 0.407 e. The van der Waals surface area contributed by atoms with Gasteiger partial charge < -0.3 is 15.1 Å². The van der Waals surface area contributed by atoms with Gasteiger partial charge in [-0.15, -0.1) is 0 Å². The van der Waals surface area contributed by atoms with Crippen molar-refractivity contribution in [1.29, 1.82) is 0 Å². The molecule has 0 heterocycles. The minimum atomic E-state index is -3.68. The van der Waals surface area contributed by atoms with E-state index in [1.54, 1.807) is 36.4 Å². The lowest BCUT2D eigenvalue weighted by atomic mass is 9.93. The molecule has 0 aliphatic rings. The summed E-state index contributed by atoms with van der Waals surface area (Å²) in [4.78, 5) is 25.6. The molecule has 0 bridgehead atoms. The first kappa shape index (κ1) is 29.9. The van der Waals surface area contributed by atoms with Crippen molar-refractivity contribution in [2.24, 2.45) is 5.92 Å². The van der Waals surface area contributed by atoms with Gasteiger partial charge in [0.25, 0.3) is 5.91 Å². The SMILES string of the molecule is CC(C)CCc1cc(-c2ccc(CCN(C[C@@H](O)c3ccccc3)C(=O)O)cc2)ccc1C(=O)NS(C)(=O)=O. The van der Waals surface area contributed by atoms with Gasteiger partial charge in [0.05, 0.1) is 18.9 Å². The molecule has 3 rings (SSSR count). The minimum absolute atomic E-state index is 0.0180. The van der Waals surface area contributed by atoms with Gasteiger partial charge in [-0.2, -0.15) is 0 Å². The highest BCUT2D eigenvalue weighted by atomic mass is 32.2. The minimum Gasteiger partial charge on any atom is -0.465 e. The Kier molecular flexibility index (Phi) is 10.3. The number of carboxylic acid groups (broad SMARTS) is 1. The number of hydrogen-bond donors (Lipinski definition) is 3. The first-order valence-corrected chi connectivity index (χ1v) is 14.8. The van der Waals surface area contributed by atoms with Crippen molar-refractivity contribution in [3.05, 3.63) is 95.1 Å².